The molecule has 0 atom stereocenters. The van der Waals surface area contributed by atoms with E-state index < -0.39 is 10.0 Å². The fraction of sp³-hybridized carbons (Fsp3) is 0.353. The lowest BCUT2D eigenvalue weighted by atomic mass is 10.1. The molecule has 0 aliphatic rings. The fourth-order valence-electron chi connectivity index (χ4n) is 2.39. The van der Waals surface area contributed by atoms with E-state index in [0.29, 0.717) is 25.2 Å². The van der Waals surface area contributed by atoms with Gasteiger partial charge in [0.2, 0.25) is 10.0 Å². The van der Waals surface area contributed by atoms with Crippen LogP contribution in [0.4, 0.5) is 0 Å². The van der Waals surface area contributed by atoms with Gasteiger partial charge in [-0.3, -0.25) is 4.79 Å². The summed E-state index contributed by atoms with van der Waals surface area (Å²) in [6.45, 7) is 2.30. The standard InChI is InChI=1S/C17H22BrN3O3S/c1-3-25(23,24)20-12-6-11-19-17(22)16-10-9-15(21(16)2)13-7-4-5-8-14(13)18/h4-5,7-10,20H,3,6,11-12H2,1-2H3,(H,19,22). The Balaban J connectivity index is 1.94. The summed E-state index contributed by atoms with van der Waals surface area (Å²) in [6, 6.07) is 11.5. The molecule has 2 aromatic rings. The summed E-state index contributed by atoms with van der Waals surface area (Å²) in [4.78, 5) is 12.3. The lowest BCUT2D eigenvalue weighted by molar-refractivity contribution is 0.0945. The molecule has 0 unspecified atom stereocenters. The Labute approximate surface area is 156 Å². The van der Waals surface area contributed by atoms with Crippen molar-refractivity contribution in [1.82, 2.24) is 14.6 Å². The van der Waals surface area contributed by atoms with Crippen LogP contribution in [0, 0.1) is 0 Å². The molecular weight excluding hydrogens is 406 g/mol. The molecule has 25 heavy (non-hydrogen) atoms. The van der Waals surface area contributed by atoms with Crippen molar-refractivity contribution < 1.29 is 13.2 Å². The molecule has 1 amide bonds. The van der Waals surface area contributed by atoms with Gasteiger partial charge in [-0.2, -0.15) is 0 Å². The topological polar surface area (TPSA) is 80.2 Å². The number of halogens is 1. The van der Waals surface area contributed by atoms with Crippen LogP contribution in [-0.2, 0) is 17.1 Å². The zero-order valence-corrected chi connectivity index (χ0v) is 16.7. The fourth-order valence-corrected chi connectivity index (χ4v) is 3.54. The summed E-state index contributed by atoms with van der Waals surface area (Å²) < 4.78 is 27.9. The Kier molecular flexibility index (Phi) is 6.80. The van der Waals surface area contributed by atoms with Crippen LogP contribution in [0.15, 0.2) is 40.9 Å². The highest BCUT2D eigenvalue weighted by molar-refractivity contribution is 9.10. The van der Waals surface area contributed by atoms with E-state index in [1.54, 1.807) is 13.0 Å². The van der Waals surface area contributed by atoms with Crippen LogP contribution in [-0.4, -0.2) is 37.7 Å². The van der Waals surface area contributed by atoms with Crippen molar-refractivity contribution in [3.05, 3.63) is 46.6 Å². The van der Waals surface area contributed by atoms with Crippen molar-refractivity contribution in [2.45, 2.75) is 13.3 Å². The molecule has 0 fully saturated rings. The third kappa shape index (κ3) is 5.17. The maximum atomic E-state index is 12.3. The summed E-state index contributed by atoms with van der Waals surface area (Å²) >= 11 is 3.52. The lowest BCUT2D eigenvalue weighted by Crippen LogP contribution is -2.31. The lowest BCUT2D eigenvalue weighted by Gasteiger charge is -2.10. The van der Waals surface area contributed by atoms with E-state index in [4.69, 9.17) is 0 Å². The van der Waals surface area contributed by atoms with Gasteiger partial charge in [0.1, 0.15) is 5.69 Å². The quantitative estimate of drug-likeness (QED) is 0.635. The molecule has 2 N–H and O–H groups in total. The molecule has 0 bridgehead atoms. The van der Waals surface area contributed by atoms with Crippen molar-refractivity contribution in [2.75, 3.05) is 18.8 Å². The SMILES string of the molecule is CCS(=O)(=O)NCCCNC(=O)c1ccc(-c2ccccc2Br)n1C. The van der Waals surface area contributed by atoms with Crippen LogP contribution in [0.3, 0.4) is 0 Å². The molecule has 0 saturated carbocycles. The average Bonchev–Trinajstić information content (AvgIpc) is 2.96. The number of benzene rings is 1. The van der Waals surface area contributed by atoms with Crippen LogP contribution in [0.25, 0.3) is 11.3 Å². The smallest absolute Gasteiger partial charge is 0.267 e. The number of aromatic nitrogens is 1. The number of carbonyl (C=O) groups excluding carboxylic acids is 1. The number of amides is 1. The van der Waals surface area contributed by atoms with E-state index in [2.05, 4.69) is 26.0 Å². The van der Waals surface area contributed by atoms with Crippen molar-refractivity contribution in [3.63, 3.8) is 0 Å². The van der Waals surface area contributed by atoms with Gasteiger partial charge in [0.05, 0.1) is 5.75 Å². The van der Waals surface area contributed by atoms with E-state index in [1.165, 1.54) is 0 Å². The molecule has 1 aromatic carbocycles. The van der Waals surface area contributed by atoms with Gasteiger partial charge in [-0.15, -0.1) is 0 Å². The molecule has 0 spiro atoms. The van der Waals surface area contributed by atoms with Gasteiger partial charge in [0, 0.05) is 35.9 Å². The third-order valence-electron chi connectivity index (χ3n) is 3.85. The van der Waals surface area contributed by atoms with Gasteiger partial charge in [0.25, 0.3) is 5.91 Å². The first-order valence-corrected chi connectivity index (χ1v) is 10.5. The second-order valence-electron chi connectivity index (χ2n) is 5.55. The molecule has 2 rings (SSSR count). The van der Waals surface area contributed by atoms with Gasteiger partial charge in [-0.25, -0.2) is 13.1 Å². The Hall–Kier alpha value is -1.64. The minimum atomic E-state index is -3.18. The Morgan fingerprint density at radius 3 is 2.56 bits per heavy atom. The van der Waals surface area contributed by atoms with Crippen molar-refractivity contribution in [3.8, 4) is 11.3 Å². The number of nitrogens with zero attached hydrogens (tertiary/aromatic N) is 1. The Morgan fingerprint density at radius 2 is 1.88 bits per heavy atom. The first-order chi connectivity index (χ1) is 11.9. The number of hydrogen-bond acceptors (Lipinski definition) is 3. The van der Waals surface area contributed by atoms with Crippen molar-refractivity contribution in [1.29, 1.82) is 0 Å². The zero-order valence-electron chi connectivity index (χ0n) is 14.3. The predicted molar refractivity (Wildman–Crippen MR) is 103 cm³/mol. The van der Waals surface area contributed by atoms with Crippen molar-refractivity contribution in [2.24, 2.45) is 7.05 Å². The molecule has 0 saturated heterocycles. The highest BCUT2D eigenvalue weighted by Crippen LogP contribution is 2.28. The van der Waals surface area contributed by atoms with Gasteiger partial charge < -0.3 is 9.88 Å². The maximum absolute atomic E-state index is 12.3. The van der Waals surface area contributed by atoms with Gasteiger partial charge in [-0.1, -0.05) is 34.1 Å². The second kappa shape index (κ2) is 8.64. The first kappa shape index (κ1) is 19.7. The molecule has 6 nitrogen and oxygen atoms in total. The average molecular weight is 428 g/mol. The molecule has 136 valence electrons. The Morgan fingerprint density at radius 1 is 1.16 bits per heavy atom. The normalized spacial score (nSPS) is 11.5. The molecule has 0 aliphatic heterocycles. The monoisotopic (exact) mass is 427 g/mol. The molecule has 0 aliphatic carbocycles. The summed E-state index contributed by atoms with van der Waals surface area (Å²) in [5, 5.41) is 2.82. The van der Waals surface area contributed by atoms with E-state index in [0.717, 1.165) is 15.7 Å². The van der Waals surface area contributed by atoms with Gasteiger partial charge in [-0.05, 0) is 31.5 Å². The number of rotatable bonds is 8. The number of carbonyl (C=O) groups is 1. The van der Waals surface area contributed by atoms with Crippen LogP contribution < -0.4 is 10.0 Å². The van der Waals surface area contributed by atoms with Crippen LogP contribution >= 0.6 is 15.9 Å². The van der Waals surface area contributed by atoms with Crippen LogP contribution in [0.5, 0.6) is 0 Å². The van der Waals surface area contributed by atoms with E-state index >= 15 is 0 Å². The summed E-state index contributed by atoms with van der Waals surface area (Å²) in [5.41, 5.74) is 2.51. The molecular formula is C17H22BrN3O3S. The molecule has 8 heteroatoms. The number of hydrogen-bond donors (Lipinski definition) is 2. The van der Waals surface area contributed by atoms with Gasteiger partial charge >= 0.3 is 0 Å². The molecule has 0 radical (unpaired) electrons. The number of nitrogens with one attached hydrogen (secondary N) is 2. The van der Waals surface area contributed by atoms with E-state index in [9.17, 15) is 13.2 Å². The molecule has 1 heterocycles. The zero-order chi connectivity index (χ0) is 18.4. The van der Waals surface area contributed by atoms with E-state index in [1.807, 2.05) is 41.9 Å². The first-order valence-electron chi connectivity index (χ1n) is 8.02. The Bertz CT molecular complexity index is 847. The second-order valence-corrected chi connectivity index (χ2v) is 8.50. The summed E-state index contributed by atoms with van der Waals surface area (Å²) in [5.74, 6) is -0.125. The molecule has 1 aromatic heterocycles. The highest BCUT2D eigenvalue weighted by atomic mass is 79.9. The van der Waals surface area contributed by atoms with E-state index in [-0.39, 0.29) is 11.7 Å². The minimum Gasteiger partial charge on any atom is -0.351 e. The summed E-state index contributed by atoms with van der Waals surface area (Å²) in [6.07, 6.45) is 0.534. The van der Waals surface area contributed by atoms with Gasteiger partial charge in [0.15, 0.2) is 0 Å². The predicted octanol–water partition coefficient (Wildman–Crippen LogP) is 2.51. The van der Waals surface area contributed by atoms with Crippen LogP contribution in [0.2, 0.25) is 0 Å². The highest BCUT2D eigenvalue weighted by Gasteiger charge is 2.14. The minimum absolute atomic E-state index is 0.0561. The third-order valence-corrected chi connectivity index (χ3v) is 5.94. The largest absolute Gasteiger partial charge is 0.351 e. The maximum Gasteiger partial charge on any atom is 0.267 e. The van der Waals surface area contributed by atoms with Crippen LogP contribution in [0.1, 0.15) is 23.8 Å². The summed E-state index contributed by atoms with van der Waals surface area (Å²) in [7, 11) is -1.34. The number of sulfonamides is 1. The van der Waals surface area contributed by atoms with Crippen molar-refractivity contribution >= 4 is 31.9 Å².